The molecule has 4 nitrogen and oxygen atoms in total. The van der Waals surface area contributed by atoms with E-state index in [0.717, 1.165) is 32.4 Å². The first kappa shape index (κ1) is 11.4. The van der Waals surface area contributed by atoms with Crippen LogP contribution in [0.15, 0.2) is 0 Å². The molecule has 4 heteroatoms. The van der Waals surface area contributed by atoms with Crippen molar-refractivity contribution >= 4 is 5.91 Å². The van der Waals surface area contributed by atoms with Gasteiger partial charge in [-0.1, -0.05) is 6.92 Å². The van der Waals surface area contributed by atoms with Crippen molar-refractivity contribution in [3.05, 3.63) is 0 Å². The van der Waals surface area contributed by atoms with Crippen LogP contribution in [0, 0.1) is 23.2 Å². The zero-order chi connectivity index (χ0) is 11.5. The number of piperidine rings is 1. The van der Waals surface area contributed by atoms with Crippen molar-refractivity contribution in [3.63, 3.8) is 0 Å². The lowest BCUT2D eigenvalue weighted by atomic mass is 10.0. The van der Waals surface area contributed by atoms with Gasteiger partial charge in [-0.25, -0.2) is 0 Å². The van der Waals surface area contributed by atoms with Gasteiger partial charge in [0.2, 0.25) is 5.91 Å². The quantitative estimate of drug-likeness (QED) is 0.715. The maximum atomic E-state index is 11.7. The number of likely N-dealkylation sites (tertiary alicyclic amines) is 1. The van der Waals surface area contributed by atoms with Crippen molar-refractivity contribution in [2.75, 3.05) is 19.6 Å². The lowest BCUT2D eigenvalue weighted by Gasteiger charge is -2.30. The van der Waals surface area contributed by atoms with Crippen LogP contribution in [0.2, 0.25) is 0 Å². The van der Waals surface area contributed by atoms with Crippen LogP contribution in [0.3, 0.4) is 0 Å². The van der Waals surface area contributed by atoms with Crippen LogP contribution in [-0.4, -0.2) is 36.5 Å². The van der Waals surface area contributed by atoms with Gasteiger partial charge in [0.25, 0.3) is 0 Å². The molecule has 1 amide bonds. The third kappa shape index (κ3) is 2.73. The van der Waals surface area contributed by atoms with Crippen molar-refractivity contribution < 1.29 is 4.79 Å². The predicted octanol–water partition coefficient (Wildman–Crippen LogP) is 0.747. The normalized spacial score (nSPS) is 30.8. The summed E-state index contributed by atoms with van der Waals surface area (Å²) in [5, 5.41) is 11.7. The van der Waals surface area contributed by atoms with Gasteiger partial charge in [0.05, 0.1) is 12.6 Å². The molecule has 0 aromatic heterocycles. The number of hydrogen-bond acceptors (Lipinski definition) is 3. The average Bonchev–Trinajstić information content (AvgIpc) is 2.99. The molecule has 2 aliphatic rings. The maximum absolute atomic E-state index is 11.7. The third-order valence-electron chi connectivity index (χ3n) is 3.67. The first-order valence-corrected chi connectivity index (χ1v) is 6.10. The van der Waals surface area contributed by atoms with E-state index in [4.69, 9.17) is 5.26 Å². The summed E-state index contributed by atoms with van der Waals surface area (Å²) in [5.74, 6) is 1.10. The summed E-state index contributed by atoms with van der Waals surface area (Å²) in [5.41, 5.74) is 0. The second kappa shape index (κ2) is 4.84. The molecule has 0 spiro atoms. The van der Waals surface area contributed by atoms with E-state index in [1.807, 2.05) is 0 Å². The first-order valence-electron chi connectivity index (χ1n) is 6.10. The molecule has 0 aromatic rings. The summed E-state index contributed by atoms with van der Waals surface area (Å²) in [6.45, 7) is 4.50. The van der Waals surface area contributed by atoms with Gasteiger partial charge in [0, 0.05) is 25.0 Å². The molecule has 2 fully saturated rings. The van der Waals surface area contributed by atoms with Gasteiger partial charge in [-0.05, 0) is 25.2 Å². The van der Waals surface area contributed by atoms with Gasteiger partial charge in [-0.2, -0.15) is 5.26 Å². The van der Waals surface area contributed by atoms with E-state index in [9.17, 15) is 4.79 Å². The van der Waals surface area contributed by atoms with E-state index in [0.29, 0.717) is 18.5 Å². The predicted molar refractivity (Wildman–Crippen MR) is 60.5 cm³/mol. The van der Waals surface area contributed by atoms with Crippen LogP contribution in [0.4, 0.5) is 0 Å². The molecule has 16 heavy (non-hydrogen) atoms. The Labute approximate surface area is 96.6 Å². The Bertz CT molecular complexity index is 302. The number of nitrogens with zero attached hydrogens (tertiary/aromatic N) is 2. The number of nitriles is 1. The molecule has 2 rings (SSSR count). The minimum atomic E-state index is 0.242. The van der Waals surface area contributed by atoms with Crippen molar-refractivity contribution in [2.45, 2.75) is 32.2 Å². The lowest BCUT2D eigenvalue weighted by molar-refractivity contribution is -0.123. The monoisotopic (exact) mass is 221 g/mol. The summed E-state index contributed by atoms with van der Waals surface area (Å²) in [7, 11) is 0. The zero-order valence-corrected chi connectivity index (χ0v) is 9.78. The zero-order valence-electron chi connectivity index (χ0n) is 9.78. The van der Waals surface area contributed by atoms with Crippen LogP contribution in [0.1, 0.15) is 26.2 Å². The van der Waals surface area contributed by atoms with E-state index in [2.05, 4.69) is 23.2 Å². The molecule has 1 N–H and O–H groups in total. The van der Waals surface area contributed by atoms with Gasteiger partial charge >= 0.3 is 0 Å². The molecule has 1 aliphatic heterocycles. The standard InChI is InChI=1S/C12H19N3O/c1-9-8-11(9)12(16)14-10-2-5-15(6-3-10)7-4-13/h9-11H,2-3,5-8H2,1H3,(H,14,16). The van der Waals surface area contributed by atoms with Crippen molar-refractivity contribution in [3.8, 4) is 6.07 Å². The smallest absolute Gasteiger partial charge is 0.223 e. The van der Waals surface area contributed by atoms with Crippen molar-refractivity contribution in [2.24, 2.45) is 11.8 Å². The molecule has 2 atom stereocenters. The van der Waals surface area contributed by atoms with Gasteiger partial charge in [-0.15, -0.1) is 0 Å². The molecule has 1 aliphatic carbocycles. The number of rotatable bonds is 3. The number of nitrogens with one attached hydrogen (secondary N) is 1. The maximum Gasteiger partial charge on any atom is 0.223 e. The van der Waals surface area contributed by atoms with Crippen LogP contribution in [-0.2, 0) is 4.79 Å². The topological polar surface area (TPSA) is 56.1 Å². The Kier molecular flexibility index (Phi) is 3.45. The molecule has 1 heterocycles. The second-order valence-electron chi connectivity index (χ2n) is 5.04. The van der Waals surface area contributed by atoms with Gasteiger partial charge in [0.1, 0.15) is 0 Å². The fourth-order valence-corrected chi connectivity index (χ4v) is 2.33. The Morgan fingerprint density at radius 3 is 2.62 bits per heavy atom. The highest BCUT2D eigenvalue weighted by Gasteiger charge is 2.39. The molecular weight excluding hydrogens is 202 g/mol. The highest BCUT2D eigenvalue weighted by Crippen LogP contribution is 2.37. The minimum Gasteiger partial charge on any atom is -0.353 e. The summed E-state index contributed by atoms with van der Waals surface area (Å²) in [4.78, 5) is 13.9. The molecule has 2 unspecified atom stereocenters. The van der Waals surface area contributed by atoms with Crippen LogP contribution in [0.5, 0.6) is 0 Å². The lowest BCUT2D eigenvalue weighted by Crippen LogP contribution is -2.45. The van der Waals surface area contributed by atoms with E-state index < -0.39 is 0 Å². The molecule has 0 radical (unpaired) electrons. The van der Waals surface area contributed by atoms with Gasteiger partial charge in [0.15, 0.2) is 0 Å². The molecule has 0 aromatic carbocycles. The van der Waals surface area contributed by atoms with E-state index in [-0.39, 0.29) is 11.8 Å². The van der Waals surface area contributed by atoms with Crippen LogP contribution < -0.4 is 5.32 Å². The fourth-order valence-electron chi connectivity index (χ4n) is 2.33. The molecule has 1 saturated carbocycles. The second-order valence-corrected chi connectivity index (χ2v) is 5.04. The van der Waals surface area contributed by atoms with Crippen LogP contribution in [0.25, 0.3) is 0 Å². The fraction of sp³-hybridized carbons (Fsp3) is 0.833. The van der Waals surface area contributed by atoms with Gasteiger partial charge < -0.3 is 5.32 Å². The van der Waals surface area contributed by atoms with E-state index in [1.54, 1.807) is 0 Å². The Balaban J connectivity index is 1.69. The first-order chi connectivity index (χ1) is 7.70. The Morgan fingerprint density at radius 1 is 1.50 bits per heavy atom. The number of amides is 1. The summed E-state index contributed by atoms with van der Waals surface area (Å²) in [6.07, 6.45) is 3.02. The minimum absolute atomic E-state index is 0.242. The van der Waals surface area contributed by atoms with Crippen molar-refractivity contribution in [1.82, 2.24) is 10.2 Å². The average molecular weight is 221 g/mol. The molecule has 88 valence electrons. The summed E-state index contributed by atoms with van der Waals surface area (Å²) >= 11 is 0. The van der Waals surface area contributed by atoms with E-state index in [1.165, 1.54) is 0 Å². The number of carbonyl (C=O) groups is 1. The van der Waals surface area contributed by atoms with Crippen molar-refractivity contribution in [1.29, 1.82) is 5.26 Å². The highest BCUT2D eigenvalue weighted by molar-refractivity contribution is 5.81. The highest BCUT2D eigenvalue weighted by atomic mass is 16.2. The summed E-state index contributed by atoms with van der Waals surface area (Å²) < 4.78 is 0. The number of carbonyl (C=O) groups excluding carboxylic acids is 1. The third-order valence-corrected chi connectivity index (χ3v) is 3.67. The Hall–Kier alpha value is -1.08. The van der Waals surface area contributed by atoms with E-state index >= 15 is 0 Å². The molecular formula is C12H19N3O. The largest absolute Gasteiger partial charge is 0.353 e. The van der Waals surface area contributed by atoms with Gasteiger partial charge in [-0.3, -0.25) is 9.69 Å². The van der Waals surface area contributed by atoms with Crippen LogP contribution >= 0.6 is 0 Å². The number of hydrogen-bond donors (Lipinski definition) is 1. The SMILES string of the molecule is CC1CC1C(=O)NC1CCN(CC#N)CC1. The Morgan fingerprint density at radius 2 is 2.12 bits per heavy atom. The molecule has 1 saturated heterocycles. The summed E-state index contributed by atoms with van der Waals surface area (Å²) in [6, 6.07) is 2.49. The molecule has 0 bridgehead atoms.